The Balaban J connectivity index is 1.65. The molecule has 1 fully saturated rings. The first-order valence-electron chi connectivity index (χ1n) is 10.3. The Morgan fingerprint density at radius 3 is 2.26 bits per heavy atom. The predicted molar refractivity (Wildman–Crippen MR) is 113 cm³/mol. The third-order valence-electron chi connectivity index (χ3n) is 6.57. The van der Waals surface area contributed by atoms with Crippen molar-refractivity contribution in [3.8, 4) is 0 Å². The van der Waals surface area contributed by atoms with Gasteiger partial charge in [-0.3, -0.25) is 9.69 Å². The van der Waals surface area contributed by atoms with Crippen LogP contribution in [0.2, 0.25) is 0 Å². The zero-order chi connectivity index (χ0) is 22.3. The molecule has 31 heavy (non-hydrogen) atoms. The lowest BCUT2D eigenvalue weighted by Crippen LogP contribution is -2.57. The van der Waals surface area contributed by atoms with Crippen LogP contribution in [0.25, 0.3) is 0 Å². The number of nitrogens with zero attached hydrogens (tertiary/aromatic N) is 3. The highest BCUT2D eigenvalue weighted by molar-refractivity contribution is 6.00. The molecule has 2 aliphatic heterocycles. The highest BCUT2D eigenvalue weighted by atomic mass is 19.1. The van der Waals surface area contributed by atoms with Crippen LogP contribution < -0.4 is 10.6 Å². The molecular weight excluding hydrogens is 405 g/mol. The third kappa shape index (κ3) is 3.75. The quantitative estimate of drug-likeness (QED) is 0.809. The number of aliphatic imine (C=N–C) groups is 1. The summed E-state index contributed by atoms with van der Waals surface area (Å²) in [6.07, 6.45) is 1.35. The highest BCUT2D eigenvalue weighted by Gasteiger charge is 2.51. The van der Waals surface area contributed by atoms with Gasteiger partial charge in [0.15, 0.2) is 5.96 Å². The van der Waals surface area contributed by atoms with Crippen molar-refractivity contribution < 1.29 is 18.0 Å². The van der Waals surface area contributed by atoms with Crippen LogP contribution in [-0.4, -0.2) is 36.9 Å². The molecule has 2 aliphatic rings. The van der Waals surface area contributed by atoms with Gasteiger partial charge < -0.3 is 10.6 Å². The molecule has 2 aromatic rings. The maximum Gasteiger partial charge on any atom is 0.235 e. The van der Waals surface area contributed by atoms with Gasteiger partial charge in [-0.25, -0.2) is 18.2 Å². The smallest absolute Gasteiger partial charge is 0.235 e. The Morgan fingerprint density at radius 2 is 1.65 bits per heavy atom. The Morgan fingerprint density at radius 1 is 1.03 bits per heavy atom. The van der Waals surface area contributed by atoms with E-state index in [1.807, 2.05) is 0 Å². The van der Waals surface area contributed by atoms with Crippen molar-refractivity contribution in [1.29, 1.82) is 0 Å². The second kappa shape index (κ2) is 7.90. The van der Waals surface area contributed by atoms with Crippen molar-refractivity contribution in [2.75, 3.05) is 25.0 Å². The molecule has 2 atom stereocenters. The summed E-state index contributed by atoms with van der Waals surface area (Å²) in [5, 5.41) is 0. The van der Waals surface area contributed by atoms with E-state index in [4.69, 9.17) is 5.73 Å². The molecule has 0 saturated carbocycles. The molecule has 1 amide bonds. The fourth-order valence-corrected chi connectivity index (χ4v) is 4.88. The van der Waals surface area contributed by atoms with Crippen molar-refractivity contribution in [3.05, 3.63) is 65.5 Å². The molecule has 0 spiro atoms. The van der Waals surface area contributed by atoms with Crippen LogP contribution in [0.3, 0.4) is 0 Å². The highest BCUT2D eigenvalue weighted by Crippen LogP contribution is 2.45. The van der Waals surface area contributed by atoms with E-state index in [0.29, 0.717) is 25.9 Å². The number of hydrogen-bond donors (Lipinski definition) is 1. The number of halogens is 3. The second-order valence-corrected chi connectivity index (χ2v) is 8.42. The van der Waals surface area contributed by atoms with E-state index in [2.05, 4.69) is 9.89 Å². The van der Waals surface area contributed by atoms with Crippen molar-refractivity contribution in [2.24, 2.45) is 22.6 Å². The van der Waals surface area contributed by atoms with Crippen molar-refractivity contribution >= 4 is 17.6 Å². The SMILES string of the molecule is CN1C(=O)[C@@H](C2CCN(c3ccc(F)cc3)CC2)[C@@](C)(c2ccc(F)cc2F)N=C1N. The van der Waals surface area contributed by atoms with Crippen LogP contribution in [-0.2, 0) is 10.3 Å². The fraction of sp³-hybridized carbons (Fsp3) is 0.391. The van der Waals surface area contributed by atoms with E-state index in [1.54, 1.807) is 26.1 Å². The molecule has 2 N–H and O–H groups in total. The summed E-state index contributed by atoms with van der Waals surface area (Å²) in [6.45, 7) is 3.04. The van der Waals surface area contributed by atoms with Crippen LogP contribution in [0.5, 0.6) is 0 Å². The molecule has 2 aromatic carbocycles. The minimum Gasteiger partial charge on any atom is -0.372 e. The van der Waals surface area contributed by atoms with E-state index in [9.17, 15) is 18.0 Å². The van der Waals surface area contributed by atoms with Crippen LogP contribution in [0.15, 0.2) is 47.5 Å². The number of rotatable bonds is 3. The summed E-state index contributed by atoms with van der Waals surface area (Å²) in [5.74, 6) is -2.65. The van der Waals surface area contributed by atoms with Crippen molar-refractivity contribution in [2.45, 2.75) is 25.3 Å². The third-order valence-corrected chi connectivity index (χ3v) is 6.57. The Hall–Kier alpha value is -3.03. The van der Waals surface area contributed by atoms with Gasteiger partial charge in [0.2, 0.25) is 5.91 Å². The number of amides is 1. The van der Waals surface area contributed by atoms with Crippen molar-refractivity contribution in [1.82, 2.24) is 4.90 Å². The van der Waals surface area contributed by atoms with Gasteiger partial charge in [0.25, 0.3) is 0 Å². The number of anilines is 1. The Labute approximate surface area is 179 Å². The van der Waals surface area contributed by atoms with Gasteiger partial charge in [0.05, 0.1) is 5.92 Å². The first-order valence-corrected chi connectivity index (χ1v) is 10.3. The second-order valence-electron chi connectivity index (χ2n) is 8.42. The number of carbonyl (C=O) groups is 1. The lowest BCUT2D eigenvalue weighted by molar-refractivity contribution is -0.137. The number of carbonyl (C=O) groups excluding carboxylic acids is 1. The number of piperidine rings is 1. The zero-order valence-electron chi connectivity index (χ0n) is 17.5. The summed E-state index contributed by atoms with van der Waals surface area (Å²) in [4.78, 5) is 21.3. The molecular formula is C23H25F3N4O. The van der Waals surface area contributed by atoms with Crippen molar-refractivity contribution in [3.63, 3.8) is 0 Å². The minimum absolute atomic E-state index is 0.0104. The molecule has 5 nitrogen and oxygen atoms in total. The van der Waals surface area contributed by atoms with Crippen LogP contribution in [0.1, 0.15) is 25.3 Å². The lowest BCUT2D eigenvalue weighted by atomic mass is 9.68. The molecule has 0 unspecified atom stereocenters. The van der Waals surface area contributed by atoms with Gasteiger partial charge in [-0.05, 0) is 56.0 Å². The van der Waals surface area contributed by atoms with E-state index in [0.717, 1.165) is 11.8 Å². The topological polar surface area (TPSA) is 61.9 Å². The summed E-state index contributed by atoms with van der Waals surface area (Å²) in [7, 11) is 1.56. The molecule has 0 radical (unpaired) electrons. The number of benzene rings is 2. The maximum atomic E-state index is 14.8. The van der Waals surface area contributed by atoms with Crippen LogP contribution >= 0.6 is 0 Å². The van der Waals surface area contributed by atoms with Gasteiger partial charge in [-0.2, -0.15) is 0 Å². The largest absolute Gasteiger partial charge is 0.372 e. The van der Waals surface area contributed by atoms with Gasteiger partial charge in [0.1, 0.15) is 23.0 Å². The summed E-state index contributed by atoms with van der Waals surface area (Å²) in [5.41, 5.74) is 5.82. The number of nitrogens with two attached hydrogens (primary N) is 1. The lowest BCUT2D eigenvalue weighted by Gasteiger charge is -2.46. The van der Waals surface area contributed by atoms with Gasteiger partial charge in [0, 0.05) is 37.5 Å². The monoisotopic (exact) mass is 430 g/mol. The zero-order valence-corrected chi connectivity index (χ0v) is 17.5. The molecule has 164 valence electrons. The summed E-state index contributed by atoms with van der Waals surface area (Å²) in [6, 6.07) is 9.65. The standard InChI is InChI=1S/C23H25F3N4O/c1-23(18-8-5-16(25)13-19(18)26)20(21(31)29(2)22(27)28-23)14-9-11-30(12-10-14)17-6-3-15(24)4-7-17/h3-8,13-14,20H,9-12H2,1-2H3,(H2,27,28)/t20-,23-/m1/s1. The molecule has 1 saturated heterocycles. The van der Waals surface area contributed by atoms with Crippen LogP contribution in [0.4, 0.5) is 18.9 Å². The fourth-order valence-electron chi connectivity index (χ4n) is 4.88. The first kappa shape index (κ1) is 21.2. The molecule has 0 aliphatic carbocycles. The van der Waals surface area contributed by atoms with E-state index in [-0.39, 0.29) is 29.2 Å². The number of guanidine groups is 1. The predicted octanol–water partition coefficient (Wildman–Crippen LogP) is 3.64. The molecule has 0 bridgehead atoms. The normalized spacial score (nSPS) is 25.0. The van der Waals surface area contributed by atoms with E-state index >= 15 is 0 Å². The summed E-state index contributed by atoms with van der Waals surface area (Å²) >= 11 is 0. The van der Waals surface area contributed by atoms with E-state index in [1.165, 1.54) is 29.2 Å². The molecule has 0 aromatic heterocycles. The number of hydrogen-bond acceptors (Lipinski definition) is 4. The Kier molecular flexibility index (Phi) is 5.41. The van der Waals surface area contributed by atoms with Crippen LogP contribution in [0, 0.1) is 29.3 Å². The molecule has 4 rings (SSSR count). The molecule has 2 heterocycles. The average Bonchev–Trinajstić information content (AvgIpc) is 2.73. The average molecular weight is 430 g/mol. The van der Waals surface area contributed by atoms with Gasteiger partial charge in [-0.15, -0.1) is 0 Å². The first-order chi connectivity index (χ1) is 14.7. The minimum atomic E-state index is -1.24. The van der Waals surface area contributed by atoms with E-state index < -0.39 is 23.1 Å². The molecule has 8 heteroatoms. The maximum absolute atomic E-state index is 14.8. The van der Waals surface area contributed by atoms with Gasteiger partial charge in [-0.1, -0.05) is 6.07 Å². The Bertz CT molecular complexity index is 1020. The van der Waals surface area contributed by atoms with Gasteiger partial charge >= 0.3 is 0 Å². The summed E-state index contributed by atoms with van der Waals surface area (Å²) < 4.78 is 41.5.